The van der Waals surface area contributed by atoms with Crippen LogP contribution in [0.25, 0.3) is 43.8 Å². The highest BCUT2D eigenvalue weighted by Gasteiger charge is 2.27. The van der Waals surface area contributed by atoms with Crippen LogP contribution in [0.3, 0.4) is 0 Å². The summed E-state index contributed by atoms with van der Waals surface area (Å²) in [6.07, 6.45) is 0. The van der Waals surface area contributed by atoms with Crippen molar-refractivity contribution in [3.8, 4) is 22.3 Å². The summed E-state index contributed by atoms with van der Waals surface area (Å²) in [6, 6.07) is 109. The van der Waals surface area contributed by atoms with Crippen molar-refractivity contribution in [1.82, 2.24) is 0 Å². The minimum Gasteiger partial charge on any atom is -0.310 e. The Bertz CT molecular complexity index is 5110. The maximum atomic E-state index is 2.44. The average molecular weight is 1410 g/mol. The topological polar surface area (TPSA) is 13.0 Å². The zero-order valence-corrected chi connectivity index (χ0v) is 67.5. The van der Waals surface area contributed by atoms with Crippen LogP contribution in [0.4, 0.5) is 68.2 Å². The molecule has 4 heteroatoms. The normalized spacial score (nSPS) is 11.9. The fraction of sp³-hybridized carbons (Fsp3) is 0.231. The van der Waals surface area contributed by atoms with Gasteiger partial charge in [-0.25, -0.2) is 0 Å². The highest BCUT2D eigenvalue weighted by atomic mass is 15.2. The number of fused-ring (bicyclic) bond motifs is 2. The standard InChI is InChI=1S/C56H54N2.C48H54N2/c1-39-19-27-45(28-20-39)57(47-31-23-43(24-32-47)55(3,4)5)49-35-51(41-15-11-9-12-16-41)54-38-50(36-52(53(54)37-49)42-17-13-10-14-18-42)58(46-29-21-40(2)22-30-46)48-33-25-44(26-34-48)56(6,7)8;1-31-13-19-41(20-14-31)49(45-33(3)25-39(26-34(45)4)47(7,8)9)43-23-17-38-30-44(24-18-37(38)29-43)50(42-21-15-32(2)16-22-42)46-35(5)27-40(28-36(46)6)48(10,11)12/h9-38H,1-8H3;13-30H,1-12H3. The summed E-state index contributed by atoms with van der Waals surface area (Å²) >= 11 is 0. The molecule has 0 amide bonds. The van der Waals surface area contributed by atoms with E-state index in [0.29, 0.717) is 0 Å². The molecule has 0 N–H and O–H groups in total. The third-order valence-electron chi connectivity index (χ3n) is 21.4. The number of aryl methyl sites for hydroxylation is 8. The fourth-order valence-electron chi connectivity index (χ4n) is 15.1. The molecular weight excluding hydrogens is 1310 g/mol. The quantitative estimate of drug-likeness (QED) is 0.108. The third kappa shape index (κ3) is 16.2. The zero-order chi connectivity index (χ0) is 76.7. The van der Waals surface area contributed by atoms with Crippen molar-refractivity contribution < 1.29 is 0 Å². The van der Waals surface area contributed by atoms with Gasteiger partial charge < -0.3 is 19.6 Å². The first kappa shape index (κ1) is 75.0. The van der Waals surface area contributed by atoms with E-state index in [-0.39, 0.29) is 21.7 Å². The summed E-state index contributed by atoms with van der Waals surface area (Å²) in [4.78, 5) is 9.70. The van der Waals surface area contributed by atoms with Crippen LogP contribution >= 0.6 is 0 Å². The third-order valence-corrected chi connectivity index (χ3v) is 21.4. The van der Waals surface area contributed by atoms with Crippen molar-refractivity contribution in [2.45, 2.75) is 160 Å². The summed E-state index contributed by atoms with van der Waals surface area (Å²) in [5.74, 6) is 0. The molecule has 0 spiro atoms. The number of nitrogens with zero attached hydrogens (tertiary/aromatic N) is 4. The molecule has 0 saturated heterocycles. The van der Waals surface area contributed by atoms with E-state index < -0.39 is 0 Å². The largest absolute Gasteiger partial charge is 0.310 e. The van der Waals surface area contributed by atoms with Gasteiger partial charge in [-0.3, -0.25) is 0 Å². The monoisotopic (exact) mass is 1410 g/mol. The highest BCUT2D eigenvalue weighted by Crippen LogP contribution is 2.49. The highest BCUT2D eigenvalue weighted by molar-refractivity contribution is 6.10. The van der Waals surface area contributed by atoms with E-state index in [9.17, 15) is 0 Å². The lowest BCUT2D eigenvalue weighted by Crippen LogP contribution is -2.16. The maximum absolute atomic E-state index is 2.44. The van der Waals surface area contributed by atoms with E-state index in [1.165, 1.54) is 122 Å². The van der Waals surface area contributed by atoms with E-state index in [1.807, 2.05) is 0 Å². The molecule has 0 fully saturated rings. The number of benzene rings is 14. The van der Waals surface area contributed by atoms with Gasteiger partial charge in [0.1, 0.15) is 0 Å². The fourth-order valence-corrected chi connectivity index (χ4v) is 15.1. The molecule has 0 unspecified atom stereocenters. The van der Waals surface area contributed by atoms with E-state index in [2.05, 4.69) is 449 Å². The van der Waals surface area contributed by atoms with Gasteiger partial charge in [-0.1, -0.05) is 275 Å². The molecular formula is C104H108N4. The molecule has 0 atom stereocenters. The van der Waals surface area contributed by atoms with Gasteiger partial charge in [-0.05, 0) is 287 Å². The van der Waals surface area contributed by atoms with Crippen molar-refractivity contribution in [2.75, 3.05) is 19.6 Å². The van der Waals surface area contributed by atoms with Crippen LogP contribution in [0.2, 0.25) is 0 Å². The Labute approximate surface area is 645 Å². The SMILES string of the molecule is Cc1ccc(N(c2ccc(C(C)(C)C)cc2)c2cc(-c3ccccc3)c3cc(N(c4ccc(C)cc4)c4ccc(C(C)(C)C)cc4)cc(-c4ccccc4)c3c2)cc1.Cc1ccc(N(c2ccc3cc(N(c4ccc(C)cc4)c4c(C)cc(C(C)(C)C)cc4C)ccc3c2)c2c(C)cc(C(C)(C)C)cc2C)cc1. The van der Waals surface area contributed by atoms with Gasteiger partial charge in [-0.15, -0.1) is 0 Å². The predicted octanol–water partition coefficient (Wildman–Crippen LogP) is 30.6. The number of anilines is 12. The maximum Gasteiger partial charge on any atom is 0.0520 e. The van der Waals surface area contributed by atoms with Crippen molar-refractivity contribution in [3.63, 3.8) is 0 Å². The van der Waals surface area contributed by atoms with Crippen LogP contribution in [0.5, 0.6) is 0 Å². The first-order valence-electron chi connectivity index (χ1n) is 38.5. The van der Waals surface area contributed by atoms with Crippen molar-refractivity contribution in [1.29, 1.82) is 0 Å². The molecule has 0 aliphatic heterocycles. The Morgan fingerprint density at radius 3 is 0.694 bits per heavy atom. The smallest absolute Gasteiger partial charge is 0.0520 e. The first-order chi connectivity index (χ1) is 51.3. The molecule has 0 bridgehead atoms. The number of rotatable bonds is 14. The zero-order valence-electron chi connectivity index (χ0n) is 67.5. The van der Waals surface area contributed by atoms with Gasteiger partial charge in [0.05, 0.1) is 11.4 Å². The van der Waals surface area contributed by atoms with Crippen LogP contribution < -0.4 is 19.6 Å². The Balaban J connectivity index is 0.000000193. The van der Waals surface area contributed by atoms with Gasteiger partial charge in [-0.2, -0.15) is 0 Å². The van der Waals surface area contributed by atoms with Gasteiger partial charge in [0.15, 0.2) is 0 Å². The molecule has 0 heterocycles. The molecule has 14 aromatic carbocycles. The molecule has 0 aliphatic carbocycles. The van der Waals surface area contributed by atoms with Crippen LogP contribution in [-0.2, 0) is 21.7 Å². The second-order valence-electron chi connectivity index (χ2n) is 34.2. The van der Waals surface area contributed by atoms with Gasteiger partial charge in [0.2, 0.25) is 0 Å². The Morgan fingerprint density at radius 2 is 0.435 bits per heavy atom. The molecule has 0 saturated carbocycles. The van der Waals surface area contributed by atoms with E-state index in [1.54, 1.807) is 0 Å². The summed E-state index contributed by atoms with van der Waals surface area (Å²) in [5.41, 5.74) is 34.3. The Hall–Kier alpha value is -11.2. The number of hydrogen-bond donors (Lipinski definition) is 0. The van der Waals surface area contributed by atoms with Crippen LogP contribution in [0.1, 0.15) is 150 Å². The summed E-state index contributed by atoms with van der Waals surface area (Å²) in [5, 5.41) is 4.82. The van der Waals surface area contributed by atoms with Crippen molar-refractivity contribution >= 4 is 89.8 Å². The average Bonchev–Trinajstić information content (AvgIpc) is 0.750. The van der Waals surface area contributed by atoms with Gasteiger partial charge >= 0.3 is 0 Å². The molecule has 4 nitrogen and oxygen atoms in total. The molecule has 0 radical (unpaired) electrons. The van der Waals surface area contributed by atoms with Crippen molar-refractivity contribution in [2.24, 2.45) is 0 Å². The lowest BCUT2D eigenvalue weighted by Gasteiger charge is -2.32. The van der Waals surface area contributed by atoms with E-state index >= 15 is 0 Å². The minimum atomic E-state index is 0.0556. The summed E-state index contributed by atoms with van der Waals surface area (Å²) in [6.45, 7) is 45.0. The molecule has 14 rings (SSSR count). The summed E-state index contributed by atoms with van der Waals surface area (Å²) in [7, 11) is 0. The van der Waals surface area contributed by atoms with Gasteiger partial charge in [0, 0.05) is 56.9 Å². The molecule has 0 aromatic heterocycles. The van der Waals surface area contributed by atoms with E-state index in [0.717, 1.165) is 56.9 Å². The van der Waals surface area contributed by atoms with Crippen LogP contribution in [0, 0.1) is 55.4 Å². The lowest BCUT2D eigenvalue weighted by atomic mass is 9.84. The van der Waals surface area contributed by atoms with Gasteiger partial charge in [0.25, 0.3) is 0 Å². The molecule has 0 aliphatic rings. The predicted molar refractivity (Wildman–Crippen MR) is 470 cm³/mol. The minimum absolute atomic E-state index is 0.0556. The Morgan fingerprint density at radius 1 is 0.194 bits per heavy atom. The second kappa shape index (κ2) is 30.2. The van der Waals surface area contributed by atoms with Crippen LogP contribution in [0.15, 0.2) is 291 Å². The first-order valence-corrected chi connectivity index (χ1v) is 38.5. The van der Waals surface area contributed by atoms with Crippen molar-refractivity contribution in [3.05, 3.63) is 358 Å². The molecule has 544 valence electrons. The lowest BCUT2D eigenvalue weighted by molar-refractivity contribution is 0.589. The number of hydrogen-bond acceptors (Lipinski definition) is 4. The Kier molecular flexibility index (Phi) is 21.0. The summed E-state index contributed by atoms with van der Waals surface area (Å²) < 4.78 is 0. The second-order valence-corrected chi connectivity index (χ2v) is 34.2. The van der Waals surface area contributed by atoms with Crippen LogP contribution in [-0.4, -0.2) is 0 Å². The van der Waals surface area contributed by atoms with E-state index in [4.69, 9.17) is 0 Å². The molecule has 14 aromatic rings. The molecule has 108 heavy (non-hydrogen) atoms.